The molecule has 0 atom stereocenters. The van der Waals surface area contributed by atoms with Gasteiger partial charge in [0.25, 0.3) is 16.1 Å². The number of hydrogen-bond donors (Lipinski definition) is 1. The Hall–Kier alpha value is -1.40. The molecule has 0 fully saturated rings. The van der Waals surface area contributed by atoms with E-state index in [4.69, 9.17) is 9.90 Å². The molecule has 0 saturated heterocycles. The molecule has 1 rings (SSSR count). The minimum atomic E-state index is -3.50. The van der Waals surface area contributed by atoms with Crippen molar-refractivity contribution in [2.45, 2.75) is 11.8 Å². The Balaban J connectivity index is 0.000000423. The molecule has 0 heterocycles. The van der Waals surface area contributed by atoms with Gasteiger partial charge in [0.1, 0.15) is 0 Å². The number of aliphatic carboxylic acids is 1. The zero-order chi connectivity index (χ0) is 11.9. The Morgan fingerprint density at radius 2 is 1.67 bits per heavy atom. The lowest BCUT2D eigenvalue weighted by Gasteiger charge is -1.98. The summed E-state index contributed by atoms with van der Waals surface area (Å²) in [5.41, 5.74) is 0. The van der Waals surface area contributed by atoms with Crippen molar-refractivity contribution in [1.29, 1.82) is 0 Å². The first-order chi connectivity index (χ1) is 6.90. The van der Waals surface area contributed by atoms with E-state index in [9.17, 15) is 8.42 Å². The second kappa shape index (κ2) is 6.15. The zero-order valence-electron chi connectivity index (χ0n) is 8.38. The quantitative estimate of drug-likeness (QED) is 0.772. The predicted molar refractivity (Wildman–Crippen MR) is 53.9 cm³/mol. The van der Waals surface area contributed by atoms with Crippen LogP contribution in [-0.4, -0.2) is 26.6 Å². The second-order valence-corrected chi connectivity index (χ2v) is 4.17. The van der Waals surface area contributed by atoms with E-state index in [0.717, 1.165) is 14.0 Å². The third-order valence-electron chi connectivity index (χ3n) is 1.25. The molecule has 84 valence electrons. The fraction of sp³-hybridized carbons (Fsp3) is 0.222. The molecular formula is C9H12O5S. The van der Waals surface area contributed by atoms with Gasteiger partial charge in [-0.05, 0) is 12.1 Å². The number of carbonyl (C=O) groups is 1. The lowest BCUT2D eigenvalue weighted by molar-refractivity contribution is -0.134. The Morgan fingerprint density at radius 3 is 2.00 bits per heavy atom. The van der Waals surface area contributed by atoms with Crippen LogP contribution in [0, 0.1) is 0 Å². The minimum absolute atomic E-state index is 0.183. The van der Waals surface area contributed by atoms with Crippen LogP contribution >= 0.6 is 0 Å². The maximum atomic E-state index is 11.0. The number of hydrogen-bond acceptors (Lipinski definition) is 4. The second-order valence-electron chi connectivity index (χ2n) is 2.45. The average molecular weight is 232 g/mol. The Bertz CT molecular complexity index is 392. The van der Waals surface area contributed by atoms with Gasteiger partial charge in [-0.1, -0.05) is 18.2 Å². The summed E-state index contributed by atoms with van der Waals surface area (Å²) in [6.45, 7) is 1.08. The zero-order valence-corrected chi connectivity index (χ0v) is 9.19. The SMILES string of the molecule is CC(=O)O.COS(=O)(=O)c1ccccc1. The van der Waals surface area contributed by atoms with Crippen molar-refractivity contribution in [3.8, 4) is 0 Å². The first-order valence-electron chi connectivity index (χ1n) is 3.95. The number of benzene rings is 1. The summed E-state index contributed by atoms with van der Waals surface area (Å²) >= 11 is 0. The molecule has 0 saturated carbocycles. The normalized spacial score (nSPS) is 10.0. The third-order valence-corrected chi connectivity index (χ3v) is 2.54. The Kier molecular flexibility index (Phi) is 5.58. The molecule has 0 aliphatic rings. The smallest absolute Gasteiger partial charge is 0.300 e. The standard InChI is InChI=1S/C7H8O3S.C2H4O2/c1-10-11(8,9)7-5-3-2-4-6-7;1-2(3)4/h2-6H,1H3;1H3,(H,3,4). The topological polar surface area (TPSA) is 80.7 Å². The van der Waals surface area contributed by atoms with Crippen LogP contribution in [0.5, 0.6) is 0 Å². The summed E-state index contributed by atoms with van der Waals surface area (Å²) < 4.78 is 26.3. The Labute approximate surface area is 88.4 Å². The number of carboxylic acid groups (broad SMARTS) is 1. The highest BCUT2D eigenvalue weighted by molar-refractivity contribution is 7.86. The van der Waals surface area contributed by atoms with Crippen LogP contribution in [0.1, 0.15) is 6.92 Å². The molecule has 0 spiro atoms. The van der Waals surface area contributed by atoms with E-state index in [1.807, 2.05) is 0 Å². The highest BCUT2D eigenvalue weighted by atomic mass is 32.2. The van der Waals surface area contributed by atoms with E-state index in [-0.39, 0.29) is 4.90 Å². The average Bonchev–Trinajstić information content (AvgIpc) is 2.18. The summed E-state index contributed by atoms with van der Waals surface area (Å²) in [4.78, 5) is 9.18. The molecule has 0 amide bonds. The molecule has 0 aromatic heterocycles. The maximum Gasteiger partial charge on any atom is 0.300 e. The molecule has 1 aromatic rings. The van der Waals surface area contributed by atoms with E-state index in [1.54, 1.807) is 18.2 Å². The van der Waals surface area contributed by atoms with Gasteiger partial charge < -0.3 is 5.11 Å². The van der Waals surface area contributed by atoms with Gasteiger partial charge in [0.2, 0.25) is 0 Å². The van der Waals surface area contributed by atoms with E-state index in [0.29, 0.717) is 0 Å². The maximum absolute atomic E-state index is 11.0. The fourth-order valence-corrected chi connectivity index (χ4v) is 1.37. The van der Waals surface area contributed by atoms with Gasteiger partial charge in [0.15, 0.2) is 0 Å². The van der Waals surface area contributed by atoms with Crippen LogP contribution in [0.25, 0.3) is 0 Å². The summed E-state index contributed by atoms with van der Waals surface area (Å²) in [5, 5.41) is 7.42. The summed E-state index contributed by atoms with van der Waals surface area (Å²) in [6, 6.07) is 8.00. The van der Waals surface area contributed by atoms with E-state index < -0.39 is 16.1 Å². The van der Waals surface area contributed by atoms with Crippen LogP contribution in [0.4, 0.5) is 0 Å². The predicted octanol–water partition coefficient (Wildman–Crippen LogP) is 1.11. The molecule has 0 aliphatic heterocycles. The van der Waals surface area contributed by atoms with Crippen molar-refractivity contribution in [3.05, 3.63) is 30.3 Å². The van der Waals surface area contributed by atoms with Crippen molar-refractivity contribution in [3.63, 3.8) is 0 Å². The molecule has 6 heteroatoms. The number of carboxylic acids is 1. The molecule has 1 N–H and O–H groups in total. The van der Waals surface area contributed by atoms with Gasteiger partial charge >= 0.3 is 0 Å². The van der Waals surface area contributed by atoms with Crippen LogP contribution in [-0.2, 0) is 19.1 Å². The van der Waals surface area contributed by atoms with E-state index in [2.05, 4.69) is 4.18 Å². The molecule has 5 nitrogen and oxygen atoms in total. The van der Waals surface area contributed by atoms with Crippen LogP contribution in [0.3, 0.4) is 0 Å². The van der Waals surface area contributed by atoms with Gasteiger partial charge in [-0.15, -0.1) is 0 Å². The molecule has 0 radical (unpaired) electrons. The van der Waals surface area contributed by atoms with Gasteiger partial charge in [-0.25, -0.2) is 0 Å². The number of rotatable bonds is 2. The molecule has 15 heavy (non-hydrogen) atoms. The van der Waals surface area contributed by atoms with Gasteiger partial charge in [0.05, 0.1) is 12.0 Å². The fourth-order valence-electron chi connectivity index (χ4n) is 0.683. The summed E-state index contributed by atoms with van der Waals surface area (Å²) in [7, 11) is -2.36. The highest BCUT2D eigenvalue weighted by Crippen LogP contribution is 2.09. The molecule has 0 aliphatic carbocycles. The first kappa shape index (κ1) is 13.6. The first-order valence-corrected chi connectivity index (χ1v) is 5.36. The minimum Gasteiger partial charge on any atom is -0.481 e. The monoisotopic (exact) mass is 232 g/mol. The van der Waals surface area contributed by atoms with Crippen LogP contribution < -0.4 is 0 Å². The van der Waals surface area contributed by atoms with Crippen LogP contribution in [0.2, 0.25) is 0 Å². The molecule has 0 unspecified atom stereocenters. The largest absolute Gasteiger partial charge is 0.481 e. The van der Waals surface area contributed by atoms with Gasteiger partial charge in [-0.3, -0.25) is 8.98 Å². The highest BCUT2D eigenvalue weighted by Gasteiger charge is 2.10. The summed E-state index contributed by atoms with van der Waals surface area (Å²) in [5.74, 6) is -0.833. The van der Waals surface area contributed by atoms with E-state index >= 15 is 0 Å². The van der Waals surface area contributed by atoms with Crippen molar-refractivity contribution in [2.75, 3.05) is 7.11 Å². The molecule has 1 aromatic carbocycles. The van der Waals surface area contributed by atoms with Crippen molar-refractivity contribution >= 4 is 16.1 Å². The third kappa shape index (κ3) is 5.82. The van der Waals surface area contributed by atoms with Crippen molar-refractivity contribution < 1.29 is 22.5 Å². The lowest BCUT2D eigenvalue weighted by atomic mass is 10.4. The summed E-state index contributed by atoms with van der Waals surface area (Å²) in [6.07, 6.45) is 0. The molecule has 0 bridgehead atoms. The molecular weight excluding hydrogens is 220 g/mol. The van der Waals surface area contributed by atoms with Crippen molar-refractivity contribution in [2.24, 2.45) is 0 Å². The van der Waals surface area contributed by atoms with Crippen LogP contribution in [0.15, 0.2) is 35.2 Å². The lowest BCUT2D eigenvalue weighted by Crippen LogP contribution is -2.01. The van der Waals surface area contributed by atoms with Crippen molar-refractivity contribution in [1.82, 2.24) is 0 Å². The van der Waals surface area contributed by atoms with E-state index in [1.165, 1.54) is 12.1 Å². The van der Waals surface area contributed by atoms with Gasteiger partial charge in [-0.2, -0.15) is 8.42 Å². The van der Waals surface area contributed by atoms with Gasteiger partial charge in [0, 0.05) is 6.92 Å². The Morgan fingerprint density at radius 1 is 1.27 bits per heavy atom.